The monoisotopic (exact) mass is 484 g/mol. The molecule has 0 aliphatic carbocycles. The van der Waals surface area contributed by atoms with E-state index in [0.717, 1.165) is 104 Å². The summed E-state index contributed by atoms with van der Waals surface area (Å²) in [5.74, 6) is 2.52. The number of nitrogens with one attached hydrogen (secondary N) is 2. The van der Waals surface area contributed by atoms with Crippen LogP contribution in [0.4, 0.5) is 11.8 Å². The highest BCUT2D eigenvalue weighted by molar-refractivity contribution is 7.85. The Hall–Kier alpha value is -2.72. The van der Waals surface area contributed by atoms with Gasteiger partial charge in [-0.05, 0) is 50.3 Å². The number of piperidine rings is 1. The van der Waals surface area contributed by atoms with Crippen molar-refractivity contribution in [2.24, 2.45) is 0 Å². The van der Waals surface area contributed by atoms with Crippen LogP contribution >= 0.6 is 0 Å². The van der Waals surface area contributed by atoms with Gasteiger partial charge in [-0.2, -0.15) is 10.1 Å². The Balaban J connectivity index is 1.29. The Kier molecular flexibility index (Phi) is 6.96. The molecule has 1 unspecified atom stereocenters. The smallest absolute Gasteiger partial charge is 0.227 e. The highest BCUT2D eigenvalue weighted by atomic mass is 32.2. The first-order chi connectivity index (χ1) is 16.6. The van der Waals surface area contributed by atoms with E-state index in [4.69, 9.17) is 19.8 Å². The highest BCUT2D eigenvalue weighted by Crippen LogP contribution is 2.34. The molecular formula is C24H32N6O3S. The fourth-order valence-corrected chi connectivity index (χ4v) is 6.18. The number of anilines is 2. The quantitative estimate of drug-likeness (QED) is 0.422. The Labute approximate surface area is 202 Å². The average molecular weight is 485 g/mol. The molecule has 10 heteroatoms. The summed E-state index contributed by atoms with van der Waals surface area (Å²) in [6.07, 6.45) is 9.03. The van der Waals surface area contributed by atoms with Gasteiger partial charge in [-0.25, -0.2) is 4.98 Å². The lowest BCUT2D eigenvalue weighted by Crippen LogP contribution is -2.35. The number of nitrogens with zero attached hydrogens (tertiary/aromatic N) is 4. The number of aromatic nitrogens is 4. The van der Waals surface area contributed by atoms with Crippen LogP contribution in [-0.4, -0.2) is 67.6 Å². The Bertz CT molecular complexity index is 1100. The largest absolute Gasteiger partial charge is 0.516 e. The van der Waals surface area contributed by atoms with Crippen LogP contribution < -0.4 is 10.2 Å². The van der Waals surface area contributed by atoms with E-state index in [-0.39, 0.29) is 0 Å². The maximum Gasteiger partial charge on any atom is 0.227 e. The van der Waals surface area contributed by atoms with Crippen LogP contribution in [0.15, 0.2) is 29.4 Å². The number of hydrogen-bond donors (Lipinski definition) is 3. The van der Waals surface area contributed by atoms with Crippen molar-refractivity contribution in [2.75, 3.05) is 42.3 Å². The lowest BCUT2D eigenvalue weighted by molar-refractivity contribution is 0.0903. The average Bonchev–Trinajstić information content (AvgIpc) is 3.51. The minimum absolute atomic E-state index is 0.295. The van der Waals surface area contributed by atoms with Crippen LogP contribution in [0, 0.1) is 0 Å². The molecule has 2 saturated heterocycles. The van der Waals surface area contributed by atoms with Gasteiger partial charge in [0, 0.05) is 56.1 Å². The molecule has 3 aliphatic rings. The predicted molar refractivity (Wildman–Crippen MR) is 133 cm³/mol. The van der Waals surface area contributed by atoms with Gasteiger partial charge >= 0.3 is 0 Å². The molecule has 2 aromatic rings. The lowest BCUT2D eigenvalue weighted by Gasteiger charge is -2.32. The van der Waals surface area contributed by atoms with E-state index >= 15 is 0 Å². The van der Waals surface area contributed by atoms with Gasteiger partial charge in [0.25, 0.3) is 0 Å². The van der Waals surface area contributed by atoms with E-state index in [0.29, 0.717) is 17.7 Å². The van der Waals surface area contributed by atoms with Gasteiger partial charge in [-0.15, -0.1) is 0 Å². The lowest BCUT2D eigenvalue weighted by atomic mass is 9.93. The number of aromatic amines is 1. The molecule has 5 heterocycles. The van der Waals surface area contributed by atoms with Crippen molar-refractivity contribution in [3.05, 3.63) is 41.6 Å². The number of aliphatic hydroxyl groups is 1. The Morgan fingerprint density at radius 3 is 2.82 bits per heavy atom. The molecule has 3 aliphatic heterocycles. The van der Waals surface area contributed by atoms with E-state index in [2.05, 4.69) is 26.5 Å². The van der Waals surface area contributed by atoms with E-state index in [1.807, 2.05) is 13.0 Å². The van der Waals surface area contributed by atoms with Crippen LogP contribution in [0.1, 0.15) is 55.6 Å². The summed E-state index contributed by atoms with van der Waals surface area (Å²) in [4.78, 5) is 12.8. The maximum atomic E-state index is 12.6. The van der Waals surface area contributed by atoms with Gasteiger partial charge in [0.1, 0.15) is 10.7 Å². The van der Waals surface area contributed by atoms with Crippen molar-refractivity contribution in [1.82, 2.24) is 20.2 Å². The Morgan fingerprint density at radius 1 is 1.26 bits per heavy atom. The van der Waals surface area contributed by atoms with Crippen molar-refractivity contribution in [2.45, 2.75) is 55.9 Å². The van der Waals surface area contributed by atoms with Crippen LogP contribution in [0.5, 0.6) is 0 Å². The third-order valence-electron chi connectivity index (χ3n) is 6.89. The van der Waals surface area contributed by atoms with E-state index in [1.165, 1.54) is 0 Å². The topological polar surface area (TPSA) is 116 Å². The minimum Gasteiger partial charge on any atom is -0.516 e. The van der Waals surface area contributed by atoms with Gasteiger partial charge < -0.3 is 20.1 Å². The molecule has 3 N–H and O–H groups in total. The molecule has 0 radical (unpaired) electrons. The van der Waals surface area contributed by atoms with Crippen LogP contribution in [0.3, 0.4) is 0 Å². The van der Waals surface area contributed by atoms with Crippen molar-refractivity contribution < 1.29 is 14.1 Å². The summed E-state index contributed by atoms with van der Waals surface area (Å²) in [6, 6.07) is 2.40. The van der Waals surface area contributed by atoms with Gasteiger partial charge in [0.15, 0.2) is 0 Å². The number of allylic oxidation sites excluding steroid dienone is 3. The molecule has 1 atom stereocenters. The molecule has 34 heavy (non-hydrogen) atoms. The summed E-state index contributed by atoms with van der Waals surface area (Å²) < 4.78 is 18.1. The molecule has 0 saturated carbocycles. The maximum absolute atomic E-state index is 12.6. The molecule has 0 aromatic carbocycles. The van der Waals surface area contributed by atoms with Crippen LogP contribution in [-0.2, 0) is 22.0 Å². The number of ether oxygens (including phenoxy) is 1. The van der Waals surface area contributed by atoms with Gasteiger partial charge in [0.2, 0.25) is 5.95 Å². The van der Waals surface area contributed by atoms with Crippen molar-refractivity contribution in [1.29, 1.82) is 0 Å². The molecule has 182 valence electrons. The van der Waals surface area contributed by atoms with Gasteiger partial charge in [0.05, 0.1) is 28.4 Å². The number of fused-ring (bicyclic) bond motifs is 1. The molecular weight excluding hydrogens is 452 g/mol. The molecule has 9 nitrogen and oxygen atoms in total. The molecule has 0 amide bonds. The third kappa shape index (κ3) is 4.88. The van der Waals surface area contributed by atoms with Gasteiger partial charge in [-0.1, -0.05) is 6.08 Å². The third-order valence-corrected chi connectivity index (χ3v) is 8.35. The number of aliphatic hydroxyl groups excluding tert-OH is 1. The molecule has 5 rings (SSSR count). The molecule has 0 spiro atoms. The number of H-pyrrole nitrogens is 1. The summed E-state index contributed by atoms with van der Waals surface area (Å²) in [5, 5.41) is 20.1. The standard InChI is InChI=1S/C24H32N6O3S/c1-16(3-2-11-31)20-15-21(29-28-20)17-4-9-30(10-5-17)24-26-19-8-14-34(32)22(19)23(27-24)25-18-6-12-33-13-7-18/h2-3,11,15,17-18,31H,4-10,12-14H2,1H3,(H,28,29)(H,25,26,27)/b11-2-,16-3+. The zero-order valence-corrected chi connectivity index (χ0v) is 20.3. The van der Waals surface area contributed by atoms with Crippen molar-refractivity contribution >= 4 is 28.1 Å². The highest BCUT2D eigenvalue weighted by Gasteiger charge is 2.30. The number of aryl methyl sites for hydroxylation is 1. The first-order valence-corrected chi connectivity index (χ1v) is 13.4. The molecule has 2 aromatic heterocycles. The van der Waals surface area contributed by atoms with E-state index in [9.17, 15) is 4.21 Å². The second-order valence-electron chi connectivity index (χ2n) is 9.14. The predicted octanol–water partition coefficient (Wildman–Crippen LogP) is 3.31. The fraction of sp³-hybridized carbons (Fsp3) is 0.542. The summed E-state index contributed by atoms with van der Waals surface area (Å²) in [7, 11) is -1.03. The van der Waals surface area contributed by atoms with Crippen molar-refractivity contribution in [3.8, 4) is 0 Å². The summed E-state index contributed by atoms with van der Waals surface area (Å²) in [5.41, 5.74) is 3.97. The van der Waals surface area contributed by atoms with E-state index < -0.39 is 10.8 Å². The Morgan fingerprint density at radius 2 is 2.06 bits per heavy atom. The molecule has 0 bridgehead atoms. The second-order valence-corrected chi connectivity index (χ2v) is 10.6. The van der Waals surface area contributed by atoms with Gasteiger partial charge in [-0.3, -0.25) is 9.31 Å². The van der Waals surface area contributed by atoms with Crippen LogP contribution in [0.25, 0.3) is 5.57 Å². The first kappa shape index (κ1) is 23.0. The minimum atomic E-state index is -1.03. The zero-order valence-electron chi connectivity index (χ0n) is 19.5. The van der Waals surface area contributed by atoms with Crippen LogP contribution in [0.2, 0.25) is 0 Å². The number of rotatable bonds is 6. The van der Waals surface area contributed by atoms with Crippen molar-refractivity contribution in [3.63, 3.8) is 0 Å². The first-order valence-electron chi connectivity index (χ1n) is 12.0. The fourth-order valence-electron chi connectivity index (χ4n) is 4.87. The SMILES string of the molecule is C/C(=C\C=C/O)c1cc(C2CCN(c3nc4c(c(NC5CCOCC5)n3)S(=O)CC4)CC2)[nH]n1. The summed E-state index contributed by atoms with van der Waals surface area (Å²) in [6.45, 7) is 5.19. The molecule has 2 fully saturated rings. The normalized spacial score (nSPS) is 22.4. The number of hydrogen-bond acceptors (Lipinski definition) is 8. The van der Waals surface area contributed by atoms with E-state index in [1.54, 1.807) is 6.08 Å². The second kappa shape index (κ2) is 10.3. The summed E-state index contributed by atoms with van der Waals surface area (Å²) >= 11 is 0. The zero-order chi connectivity index (χ0) is 23.5.